The fraction of sp³-hybridized carbons (Fsp3) is 0.308. The van der Waals surface area contributed by atoms with Crippen LogP contribution in [-0.2, 0) is 18.9 Å². The Bertz CT molecular complexity index is 1210. The van der Waals surface area contributed by atoms with E-state index in [1.165, 1.54) is 18.2 Å². The predicted molar refractivity (Wildman–Crippen MR) is 131 cm³/mol. The molecule has 1 unspecified atom stereocenters. The van der Waals surface area contributed by atoms with Crippen LogP contribution in [0, 0.1) is 10.1 Å². The van der Waals surface area contributed by atoms with Gasteiger partial charge >= 0.3 is 12.3 Å². The van der Waals surface area contributed by atoms with Crippen LogP contribution in [0.3, 0.4) is 0 Å². The molecule has 1 N–H and O–H groups in total. The minimum absolute atomic E-state index is 0.0485. The molecule has 0 amide bonds. The van der Waals surface area contributed by atoms with E-state index < -0.39 is 29.3 Å². The van der Waals surface area contributed by atoms with Gasteiger partial charge in [0.05, 0.1) is 22.4 Å². The van der Waals surface area contributed by atoms with Gasteiger partial charge < -0.3 is 29.0 Å². The molecule has 37 heavy (non-hydrogen) atoms. The standard InChI is InChI=1S/C26H28N2O9/c1-16(2)35-26(30)37-24-18(4)27-17(3)23(22(24)19-9-8-10-20(15-19)28(31)32)36-25(29)34-14-13-33-21-11-6-5-7-12-21/h5-12,15-16,22,27H,13-14H2,1-4H3. The molecule has 3 rings (SSSR count). The molecular weight excluding hydrogens is 484 g/mol. The van der Waals surface area contributed by atoms with Crippen molar-refractivity contribution in [3.63, 3.8) is 0 Å². The Morgan fingerprint density at radius 3 is 2.22 bits per heavy atom. The Kier molecular flexibility index (Phi) is 9.09. The van der Waals surface area contributed by atoms with Gasteiger partial charge in [-0.15, -0.1) is 0 Å². The zero-order valence-electron chi connectivity index (χ0n) is 20.9. The van der Waals surface area contributed by atoms with Crippen molar-refractivity contribution in [1.29, 1.82) is 0 Å². The van der Waals surface area contributed by atoms with E-state index in [4.69, 9.17) is 23.7 Å². The first-order chi connectivity index (χ1) is 17.7. The van der Waals surface area contributed by atoms with Gasteiger partial charge in [0.15, 0.2) is 0 Å². The molecular formula is C26H28N2O9. The summed E-state index contributed by atoms with van der Waals surface area (Å²) < 4.78 is 26.8. The SMILES string of the molecule is CC1=C(OC(=O)OCCOc2ccccc2)C(c2cccc([N+](=O)[O-])c2)C(OC(=O)OC(C)C)=C(C)N1. The molecule has 0 fully saturated rings. The van der Waals surface area contributed by atoms with Crippen LogP contribution in [0.4, 0.5) is 15.3 Å². The summed E-state index contributed by atoms with van der Waals surface area (Å²) in [6.45, 7) is 6.64. The normalized spacial score (nSPS) is 15.1. The van der Waals surface area contributed by atoms with Crippen molar-refractivity contribution in [2.24, 2.45) is 0 Å². The highest BCUT2D eigenvalue weighted by Gasteiger charge is 2.36. The third-order valence-electron chi connectivity index (χ3n) is 5.09. The molecule has 11 heteroatoms. The fourth-order valence-corrected chi connectivity index (χ4v) is 3.57. The lowest BCUT2D eigenvalue weighted by atomic mass is 9.90. The van der Waals surface area contributed by atoms with Crippen molar-refractivity contribution in [1.82, 2.24) is 5.32 Å². The Hall–Kier alpha value is -4.54. The maximum Gasteiger partial charge on any atom is 0.513 e. The number of nitro benzene ring substituents is 1. The van der Waals surface area contributed by atoms with Crippen molar-refractivity contribution >= 4 is 18.0 Å². The summed E-state index contributed by atoms with van der Waals surface area (Å²) in [4.78, 5) is 35.8. The quantitative estimate of drug-likeness (QED) is 0.197. The Labute approximate surface area is 213 Å². The second-order valence-electron chi connectivity index (χ2n) is 8.27. The van der Waals surface area contributed by atoms with Crippen molar-refractivity contribution < 1.29 is 38.2 Å². The van der Waals surface area contributed by atoms with Crippen LogP contribution in [-0.4, -0.2) is 36.6 Å². The summed E-state index contributed by atoms with van der Waals surface area (Å²) in [5.74, 6) is -0.246. The summed E-state index contributed by atoms with van der Waals surface area (Å²) in [6, 6.07) is 14.7. The van der Waals surface area contributed by atoms with Gasteiger partial charge in [0, 0.05) is 12.1 Å². The largest absolute Gasteiger partial charge is 0.513 e. The number of para-hydroxylation sites is 1. The maximum absolute atomic E-state index is 12.6. The third-order valence-corrected chi connectivity index (χ3v) is 5.09. The van der Waals surface area contributed by atoms with E-state index in [0.29, 0.717) is 22.7 Å². The zero-order valence-corrected chi connectivity index (χ0v) is 20.9. The van der Waals surface area contributed by atoms with Gasteiger partial charge in [-0.25, -0.2) is 9.59 Å². The highest BCUT2D eigenvalue weighted by Crippen LogP contribution is 2.40. The van der Waals surface area contributed by atoms with E-state index >= 15 is 0 Å². The second-order valence-corrected chi connectivity index (χ2v) is 8.27. The van der Waals surface area contributed by atoms with Crippen LogP contribution in [0.25, 0.3) is 0 Å². The molecule has 1 atom stereocenters. The number of carbonyl (C=O) groups excluding carboxylic acids is 2. The zero-order chi connectivity index (χ0) is 26.9. The lowest BCUT2D eigenvalue weighted by molar-refractivity contribution is -0.384. The van der Waals surface area contributed by atoms with E-state index in [1.807, 2.05) is 18.2 Å². The lowest BCUT2D eigenvalue weighted by Gasteiger charge is -2.30. The second kappa shape index (κ2) is 12.4. The number of dihydropyridines is 1. The molecule has 0 saturated carbocycles. The number of carbonyl (C=O) groups is 2. The average molecular weight is 513 g/mol. The molecule has 0 radical (unpaired) electrons. The van der Waals surface area contributed by atoms with E-state index in [0.717, 1.165) is 0 Å². The molecule has 0 aliphatic carbocycles. The first kappa shape index (κ1) is 27.1. The molecule has 196 valence electrons. The summed E-state index contributed by atoms with van der Waals surface area (Å²) in [6.07, 6.45) is -2.43. The smallest absolute Gasteiger partial charge is 0.490 e. The number of non-ortho nitro benzene ring substituents is 1. The molecule has 1 aliphatic rings. The first-order valence-corrected chi connectivity index (χ1v) is 11.5. The number of hydrogen-bond donors (Lipinski definition) is 1. The molecule has 0 aromatic heterocycles. The molecule has 2 aromatic carbocycles. The van der Waals surface area contributed by atoms with Gasteiger partial charge in [0.2, 0.25) is 0 Å². The van der Waals surface area contributed by atoms with Gasteiger partial charge in [-0.05, 0) is 45.4 Å². The van der Waals surface area contributed by atoms with Crippen LogP contribution in [0.1, 0.15) is 39.2 Å². The van der Waals surface area contributed by atoms with Crippen LogP contribution < -0.4 is 10.1 Å². The molecule has 0 spiro atoms. The van der Waals surface area contributed by atoms with Crippen LogP contribution in [0.5, 0.6) is 5.75 Å². The number of nitrogens with zero attached hydrogens (tertiary/aromatic N) is 1. The summed E-state index contributed by atoms with van der Waals surface area (Å²) >= 11 is 0. The molecule has 0 saturated heterocycles. The summed E-state index contributed by atoms with van der Waals surface area (Å²) in [5.41, 5.74) is 1.04. The van der Waals surface area contributed by atoms with E-state index in [9.17, 15) is 19.7 Å². The van der Waals surface area contributed by atoms with Gasteiger partial charge in [0.25, 0.3) is 5.69 Å². The Morgan fingerprint density at radius 1 is 0.946 bits per heavy atom. The average Bonchev–Trinajstić information content (AvgIpc) is 2.85. The lowest BCUT2D eigenvalue weighted by Crippen LogP contribution is -2.29. The number of benzene rings is 2. The molecule has 2 aromatic rings. The monoisotopic (exact) mass is 512 g/mol. The van der Waals surface area contributed by atoms with Gasteiger partial charge in [0.1, 0.15) is 36.4 Å². The fourth-order valence-electron chi connectivity index (χ4n) is 3.57. The van der Waals surface area contributed by atoms with Crippen LogP contribution in [0.2, 0.25) is 0 Å². The minimum Gasteiger partial charge on any atom is -0.490 e. The minimum atomic E-state index is -1.02. The van der Waals surface area contributed by atoms with Crippen molar-refractivity contribution in [2.75, 3.05) is 13.2 Å². The highest BCUT2D eigenvalue weighted by atomic mass is 16.7. The first-order valence-electron chi connectivity index (χ1n) is 11.5. The number of rotatable bonds is 9. The van der Waals surface area contributed by atoms with Gasteiger partial charge in [-0.1, -0.05) is 30.3 Å². The predicted octanol–water partition coefficient (Wildman–Crippen LogP) is 5.54. The summed E-state index contributed by atoms with van der Waals surface area (Å²) in [5, 5.41) is 14.4. The molecule has 1 aliphatic heterocycles. The molecule has 11 nitrogen and oxygen atoms in total. The van der Waals surface area contributed by atoms with Crippen molar-refractivity contribution in [2.45, 2.75) is 39.7 Å². The number of ether oxygens (including phenoxy) is 5. The number of nitrogens with one attached hydrogen (secondary N) is 1. The van der Waals surface area contributed by atoms with Crippen molar-refractivity contribution in [3.8, 4) is 5.75 Å². The Morgan fingerprint density at radius 2 is 1.59 bits per heavy atom. The van der Waals surface area contributed by atoms with E-state index in [1.54, 1.807) is 45.9 Å². The number of allylic oxidation sites excluding steroid dienone is 2. The topological polar surface area (TPSA) is 135 Å². The van der Waals surface area contributed by atoms with E-state index in [-0.39, 0.29) is 30.4 Å². The molecule has 1 heterocycles. The molecule has 0 bridgehead atoms. The van der Waals surface area contributed by atoms with Crippen LogP contribution in [0.15, 0.2) is 77.5 Å². The van der Waals surface area contributed by atoms with Crippen LogP contribution >= 0.6 is 0 Å². The van der Waals surface area contributed by atoms with Gasteiger partial charge in [-0.3, -0.25) is 10.1 Å². The van der Waals surface area contributed by atoms with Crippen molar-refractivity contribution in [3.05, 3.63) is 93.2 Å². The van der Waals surface area contributed by atoms with Gasteiger partial charge in [-0.2, -0.15) is 0 Å². The van der Waals surface area contributed by atoms with E-state index in [2.05, 4.69) is 5.32 Å². The number of hydrogen-bond acceptors (Lipinski definition) is 10. The third kappa shape index (κ3) is 7.47. The Balaban J connectivity index is 1.82. The number of nitro groups is 1. The highest BCUT2D eigenvalue weighted by molar-refractivity contribution is 5.65. The summed E-state index contributed by atoms with van der Waals surface area (Å²) in [7, 11) is 0. The maximum atomic E-state index is 12.6.